The van der Waals surface area contributed by atoms with E-state index in [1.54, 1.807) is 31.4 Å². The van der Waals surface area contributed by atoms with E-state index >= 15 is 0 Å². The van der Waals surface area contributed by atoms with Crippen LogP contribution in [0, 0.1) is 0 Å². The Balaban J connectivity index is 1.56. The van der Waals surface area contributed by atoms with Crippen molar-refractivity contribution in [3.8, 4) is 5.75 Å². The van der Waals surface area contributed by atoms with E-state index in [2.05, 4.69) is 5.32 Å². The molecule has 0 bridgehead atoms. The number of carbonyl (C=O) groups is 2. The monoisotopic (exact) mass is 457 g/mol. The second kappa shape index (κ2) is 10.3. The summed E-state index contributed by atoms with van der Waals surface area (Å²) in [6, 6.07) is 22.4. The summed E-state index contributed by atoms with van der Waals surface area (Å²) in [5.41, 5.74) is 4.51. The number of aromatic nitrogens is 2. The molecule has 0 saturated heterocycles. The molecule has 1 heterocycles. The van der Waals surface area contributed by atoms with E-state index in [0.717, 1.165) is 28.0 Å². The van der Waals surface area contributed by atoms with Crippen LogP contribution in [0.3, 0.4) is 0 Å². The van der Waals surface area contributed by atoms with E-state index < -0.39 is 0 Å². The first-order chi connectivity index (χ1) is 16.0. The fourth-order valence-electron chi connectivity index (χ4n) is 3.43. The fraction of sp³-hybridized carbons (Fsp3) is 0.154. The van der Waals surface area contributed by atoms with Gasteiger partial charge in [0.2, 0.25) is 5.91 Å². The Bertz CT molecular complexity index is 1320. The van der Waals surface area contributed by atoms with Crippen LogP contribution in [-0.4, -0.2) is 34.5 Å². The number of fused-ring (bicyclic) bond motifs is 1. The largest absolute Gasteiger partial charge is 0.496 e. The number of anilines is 1. The molecule has 0 spiro atoms. The van der Waals surface area contributed by atoms with Gasteiger partial charge in [0, 0.05) is 23.2 Å². The number of hydrogen-bond acceptors (Lipinski definition) is 6. The lowest BCUT2D eigenvalue weighted by Crippen LogP contribution is -2.15. The van der Waals surface area contributed by atoms with Crippen molar-refractivity contribution in [2.24, 2.45) is 0 Å². The molecular weight excluding hydrogens is 434 g/mol. The number of para-hydroxylation sites is 3. The van der Waals surface area contributed by atoms with Gasteiger partial charge in [-0.05, 0) is 37.3 Å². The first-order valence-corrected chi connectivity index (χ1v) is 11.4. The number of nitrogens with one attached hydrogen (secondary N) is 1. The van der Waals surface area contributed by atoms with Crippen molar-refractivity contribution >= 4 is 40.2 Å². The van der Waals surface area contributed by atoms with Crippen molar-refractivity contribution in [2.75, 3.05) is 18.2 Å². The number of benzene rings is 3. The molecule has 1 aromatic heterocycles. The van der Waals surface area contributed by atoms with E-state index in [1.165, 1.54) is 18.7 Å². The normalized spacial score (nSPS) is 10.7. The average Bonchev–Trinajstić information content (AvgIpc) is 2.83. The molecule has 0 atom stereocenters. The number of Topliss-reactive ketones (excluding diaryl/α,β-unsaturated/α-hetero) is 1. The SMILES string of the molecule is COc1ccccc1Cc1nc2ccccc2nc1SCC(=O)Nc1cccc(C(C)=O)c1. The second-order valence-electron chi connectivity index (χ2n) is 7.43. The molecule has 6 nitrogen and oxygen atoms in total. The summed E-state index contributed by atoms with van der Waals surface area (Å²) < 4.78 is 5.49. The maximum absolute atomic E-state index is 12.6. The minimum atomic E-state index is -0.182. The van der Waals surface area contributed by atoms with Gasteiger partial charge >= 0.3 is 0 Å². The van der Waals surface area contributed by atoms with E-state index in [9.17, 15) is 9.59 Å². The first-order valence-electron chi connectivity index (χ1n) is 10.4. The van der Waals surface area contributed by atoms with E-state index in [4.69, 9.17) is 14.7 Å². The van der Waals surface area contributed by atoms with Crippen LogP contribution in [0.5, 0.6) is 5.75 Å². The number of nitrogens with zero attached hydrogens (tertiary/aromatic N) is 2. The number of ether oxygens (including phenoxy) is 1. The van der Waals surface area contributed by atoms with Gasteiger partial charge in [-0.2, -0.15) is 0 Å². The molecule has 4 rings (SSSR count). The van der Waals surface area contributed by atoms with Crippen LogP contribution in [0.1, 0.15) is 28.5 Å². The number of carbonyl (C=O) groups excluding carboxylic acids is 2. The maximum Gasteiger partial charge on any atom is 0.234 e. The van der Waals surface area contributed by atoms with Crippen molar-refractivity contribution in [3.63, 3.8) is 0 Å². The molecule has 0 saturated carbocycles. The van der Waals surface area contributed by atoms with Crippen molar-refractivity contribution < 1.29 is 14.3 Å². The molecule has 0 aliphatic rings. The van der Waals surface area contributed by atoms with Crippen molar-refractivity contribution in [1.82, 2.24) is 9.97 Å². The minimum Gasteiger partial charge on any atom is -0.496 e. The van der Waals surface area contributed by atoms with Gasteiger partial charge in [0.25, 0.3) is 0 Å². The molecule has 7 heteroatoms. The maximum atomic E-state index is 12.6. The topological polar surface area (TPSA) is 81.2 Å². The van der Waals surface area contributed by atoms with Gasteiger partial charge in [0.15, 0.2) is 5.78 Å². The predicted octanol–water partition coefficient (Wildman–Crippen LogP) is 5.16. The number of rotatable bonds is 8. The zero-order chi connectivity index (χ0) is 23.2. The molecule has 0 aliphatic heterocycles. The van der Waals surface area contributed by atoms with Crippen LogP contribution < -0.4 is 10.1 Å². The van der Waals surface area contributed by atoms with Crippen molar-refractivity contribution in [1.29, 1.82) is 0 Å². The molecule has 0 fully saturated rings. The zero-order valence-electron chi connectivity index (χ0n) is 18.4. The van der Waals surface area contributed by atoms with Crippen LogP contribution in [0.4, 0.5) is 5.69 Å². The molecule has 4 aromatic rings. The summed E-state index contributed by atoms with van der Waals surface area (Å²) in [6.07, 6.45) is 0.534. The molecule has 0 aliphatic carbocycles. The Hall–Kier alpha value is -3.71. The highest BCUT2D eigenvalue weighted by molar-refractivity contribution is 8.00. The lowest BCUT2D eigenvalue weighted by Gasteiger charge is -2.12. The number of ketones is 1. The summed E-state index contributed by atoms with van der Waals surface area (Å²) in [7, 11) is 1.64. The minimum absolute atomic E-state index is 0.0482. The number of hydrogen-bond donors (Lipinski definition) is 1. The Morgan fingerprint density at radius 1 is 0.939 bits per heavy atom. The molecule has 33 heavy (non-hydrogen) atoms. The van der Waals surface area contributed by atoms with Gasteiger partial charge in [-0.1, -0.05) is 54.2 Å². The Labute approximate surface area is 196 Å². The van der Waals surface area contributed by atoms with E-state index in [-0.39, 0.29) is 17.4 Å². The number of amides is 1. The van der Waals surface area contributed by atoms with Crippen LogP contribution in [-0.2, 0) is 11.2 Å². The molecule has 3 aromatic carbocycles. The lowest BCUT2D eigenvalue weighted by molar-refractivity contribution is -0.113. The average molecular weight is 458 g/mol. The van der Waals surface area contributed by atoms with E-state index in [0.29, 0.717) is 22.7 Å². The van der Waals surface area contributed by atoms with Gasteiger partial charge in [-0.15, -0.1) is 0 Å². The summed E-state index contributed by atoms with van der Waals surface area (Å²) in [5, 5.41) is 3.55. The summed E-state index contributed by atoms with van der Waals surface area (Å²) in [4.78, 5) is 33.8. The van der Waals surface area contributed by atoms with Gasteiger partial charge in [0.1, 0.15) is 10.8 Å². The smallest absolute Gasteiger partial charge is 0.234 e. The van der Waals surface area contributed by atoms with Crippen molar-refractivity contribution in [2.45, 2.75) is 18.4 Å². The van der Waals surface area contributed by atoms with Crippen molar-refractivity contribution in [3.05, 3.63) is 89.6 Å². The number of thioether (sulfide) groups is 1. The molecule has 166 valence electrons. The standard InChI is InChI=1S/C26H23N3O3S/c1-17(30)18-9-7-10-20(14-18)27-25(31)16-33-26-23(15-19-8-3-6-13-24(19)32-2)28-21-11-4-5-12-22(21)29-26/h3-14H,15-16H2,1-2H3,(H,27,31). The van der Waals surface area contributed by atoms with Gasteiger partial charge in [0.05, 0.1) is 29.6 Å². The second-order valence-corrected chi connectivity index (χ2v) is 8.39. The summed E-state index contributed by atoms with van der Waals surface area (Å²) >= 11 is 1.34. The molecular formula is C26H23N3O3S. The fourth-order valence-corrected chi connectivity index (χ4v) is 4.21. The Morgan fingerprint density at radius 3 is 2.42 bits per heavy atom. The van der Waals surface area contributed by atoms with Crippen LogP contribution >= 0.6 is 11.8 Å². The van der Waals surface area contributed by atoms with Crippen LogP contribution in [0.25, 0.3) is 11.0 Å². The highest BCUT2D eigenvalue weighted by Crippen LogP contribution is 2.28. The molecule has 0 unspecified atom stereocenters. The lowest BCUT2D eigenvalue weighted by atomic mass is 10.1. The quantitative estimate of drug-likeness (QED) is 0.291. The highest BCUT2D eigenvalue weighted by Gasteiger charge is 2.15. The third-order valence-corrected chi connectivity index (χ3v) is 6.06. The summed E-state index contributed by atoms with van der Waals surface area (Å²) in [6.45, 7) is 1.50. The van der Waals surface area contributed by atoms with E-state index in [1.807, 2.05) is 48.5 Å². The molecule has 0 radical (unpaired) electrons. The highest BCUT2D eigenvalue weighted by atomic mass is 32.2. The zero-order valence-corrected chi connectivity index (χ0v) is 19.2. The molecule has 1 amide bonds. The van der Waals surface area contributed by atoms with Crippen LogP contribution in [0.2, 0.25) is 0 Å². The van der Waals surface area contributed by atoms with Gasteiger partial charge in [-0.3, -0.25) is 9.59 Å². The Morgan fingerprint density at radius 2 is 1.67 bits per heavy atom. The Kier molecular flexibility index (Phi) is 7.00. The summed E-state index contributed by atoms with van der Waals surface area (Å²) in [5.74, 6) is 0.717. The third-order valence-electron chi connectivity index (χ3n) is 5.05. The van der Waals surface area contributed by atoms with Crippen LogP contribution in [0.15, 0.2) is 77.8 Å². The molecule has 1 N–H and O–H groups in total. The van der Waals surface area contributed by atoms with Gasteiger partial charge < -0.3 is 10.1 Å². The predicted molar refractivity (Wildman–Crippen MR) is 131 cm³/mol. The first kappa shape index (κ1) is 22.5. The number of methoxy groups -OCH3 is 1. The van der Waals surface area contributed by atoms with Gasteiger partial charge in [-0.25, -0.2) is 9.97 Å². The third kappa shape index (κ3) is 5.56.